The topological polar surface area (TPSA) is 72.2 Å². The molecule has 0 heterocycles. The van der Waals surface area contributed by atoms with Crippen molar-refractivity contribution in [3.05, 3.63) is 65.2 Å². The molecule has 2 aromatic carbocycles. The van der Waals surface area contributed by atoms with Crippen molar-refractivity contribution in [2.45, 2.75) is 29.5 Å². The molecule has 0 aliphatic heterocycles. The standard InChI is InChI=1S/C18H19ClN2O2S/c1-12(24-16-10-6-5-9-14(16)19)18(23)21-15(17(20)22)11-13-7-3-2-4-8-13/h2-10,12,15H,11H2,1H3,(H2,20,22)(H,21,23). The lowest BCUT2D eigenvalue weighted by Crippen LogP contribution is -2.48. The lowest BCUT2D eigenvalue weighted by molar-refractivity contribution is -0.126. The predicted octanol–water partition coefficient (Wildman–Crippen LogP) is 3.03. The smallest absolute Gasteiger partial charge is 0.240 e. The minimum absolute atomic E-state index is 0.250. The maximum absolute atomic E-state index is 12.4. The Kier molecular flexibility index (Phi) is 6.70. The highest BCUT2D eigenvalue weighted by Crippen LogP contribution is 2.30. The second kappa shape index (κ2) is 8.76. The zero-order valence-electron chi connectivity index (χ0n) is 13.2. The Morgan fingerprint density at radius 1 is 1.12 bits per heavy atom. The molecule has 126 valence electrons. The highest BCUT2D eigenvalue weighted by Gasteiger charge is 2.23. The highest BCUT2D eigenvalue weighted by atomic mass is 35.5. The fourth-order valence-electron chi connectivity index (χ4n) is 2.15. The molecule has 2 amide bonds. The van der Waals surface area contributed by atoms with E-state index in [1.165, 1.54) is 11.8 Å². The van der Waals surface area contributed by atoms with Gasteiger partial charge in [-0.15, -0.1) is 11.8 Å². The molecule has 3 N–H and O–H groups in total. The quantitative estimate of drug-likeness (QED) is 0.743. The van der Waals surface area contributed by atoms with Crippen LogP contribution in [0, 0.1) is 0 Å². The van der Waals surface area contributed by atoms with Crippen LogP contribution in [0.4, 0.5) is 0 Å². The Morgan fingerprint density at radius 2 is 1.75 bits per heavy atom. The summed E-state index contributed by atoms with van der Waals surface area (Å²) >= 11 is 7.45. The number of amides is 2. The zero-order valence-corrected chi connectivity index (χ0v) is 14.8. The van der Waals surface area contributed by atoms with Gasteiger partial charge in [0.1, 0.15) is 6.04 Å². The first kappa shape index (κ1) is 18.4. The van der Waals surface area contributed by atoms with E-state index >= 15 is 0 Å². The summed E-state index contributed by atoms with van der Waals surface area (Å²) in [6.45, 7) is 1.77. The van der Waals surface area contributed by atoms with E-state index in [1.54, 1.807) is 13.0 Å². The van der Waals surface area contributed by atoms with Gasteiger partial charge in [-0.2, -0.15) is 0 Å². The number of rotatable bonds is 7. The fraction of sp³-hybridized carbons (Fsp3) is 0.222. The average Bonchev–Trinajstić information content (AvgIpc) is 2.57. The second-order valence-electron chi connectivity index (χ2n) is 5.34. The van der Waals surface area contributed by atoms with Gasteiger partial charge in [0.05, 0.1) is 10.3 Å². The first-order chi connectivity index (χ1) is 11.5. The maximum Gasteiger partial charge on any atom is 0.240 e. The molecule has 6 heteroatoms. The van der Waals surface area contributed by atoms with E-state index in [9.17, 15) is 9.59 Å². The van der Waals surface area contributed by atoms with Crippen molar-refractivity contribution in [1.29, 1.82) is 0 Å². The van der Waals surface area contributed by atoms with Crippen molar-refractivity contribution in [1.82, 2.24) is 5.32 Å². The van der Waals surface area contributed by atoms with E-state index < -0.39 is 17.2 Å². The van der Waals surface area contributed by atoms with Crippen LogP contribution >= 0.6 is 23.4 Å². The number of nitrogens with one attached hydrogen (secondary N) is 1. The lowest BCUT2D eigenvalue weighted by atomic mass is 10.1. The summed E-state index contributed by atoms with van der Waals surface area (Å²) in [6.07, 6.45) is 0.366. The van der Waals surface area contributed by atoms with Crippen LogP contribution in [0.1, 0.15) is 12.5 Å². The number of hydrogen-bond donors (Lipinski definition) is 2. The SMILES string of the molecule is CC(Sc1ccccc1Cl)C(=O)NC(Cc1ccccc1)C(N)=O. The van der Waals surface area contributed by atoms with Crippen molar-refractivity contribution < 1.29 is 9.59 Å². The molecule has 0 radical (unpaired) electrons. The van der Waals surface area contributed by atoms with Crippen LogP contribution in [0.2, 0.25) is 5.02 Å². The van der Waals surface area contributed by atoms with E-state index in [2.05, 4.69) is 5.32 Å². The molecule has 0 spiro atoms. The van der Waals surface area contributed by atoms with Crippen molar-refractivity contribution in [2.24, 2.45) is 5.73 Å². The van der Waals surface area contributed by atoms with Crippen LogP contribution in [0.25, 0.3) is 0 Å². The monoisotopic (exact) mass is 362 g/mol. The fourth-order valence-corrected chi connectivity index (χ4v) is 3.31. The largest absolute Gasteiger partial charge is 0.368 e. The second-order valence-corrected chi connectivity index (χ2v) is 7.13. The van der Waals surface area contributed by atoms with Gasteiger partial charge in [0.2, 0.25) is 11.8 Å². The van der Waals surface area contributed by atoms with Gasteiger partial charge in [-0.25, -0.2) is 0 Å². The molecule has 0 saturated heterocycles. The zero-order chi connectivity index (χ0) is 17.5. The molecule has 0 aliphatic rings. The molecule has 4 nitrogen and oxygen atoms in total. The van der Waals surface area contributed by atoms with E-state index in [1.807, 2.05) is 48.5 Å². The Bertz CT molecular complexity index is 709. The van der Waals surface area contributed by atoms with Crippen molar-refractivity contribution in [3.8, 4) is 0 Å². The van der Waals surface area contributed by atoms with Gasteiger partial charge in [-0.1, -0.05) is 54.1 Å². The van der Waals surface area contributed by atoms with Crippen LogP contribution < -0.4 is 11.1 Å². The lowest BCUT2D eigenvalue weighted by Gasteiger charge is -2.19. The number of primary amides is 1. The molecule has 24 heavy (non-hydrogen) atoms. The van der Waals surface area contributed by atoms with Crippen LogP contribution in [-0.2, 0) is 16.0 Å². The Hall–Kier alpha value is -1.98. The van der Waals surface area contributed by atoms with Crippen LogP contribution in [0.3, 0.4) is 0 Å². The molecule has 2 aromatic rings. The molecule has 2 unspecified atom stereocenters. The summed E-state index contributed by atoms with van der Waals surface area (Å²) < 4.78 is 0. The van der Waals surface area contributed by atoms with Gasteiger partial charge in [0.25, 0.3) is 0 Å². The van der Waals surface area contributed by atoms with E-state index in [0.717, 1.165) is 10.5 Å². The van der Waals surface area contributed by atoms with Crippen LogP contribution in [0.5, 0.6) is 0 Å². The molecule has 2 rings (SSSR count). The Balaban J connectivity index is 1.99. The van der Waals surface area contributed by atoms with Gasteiger partial charge in [-0.3, -0.25) is 9.59 Å². The normalized spacial score (nSPS) is 13.1. The summed E-state index contributed by atoms with van der Waals surface area (Å²) in [5.41, 5.74) is 6.37. The van der Waals surface area contributed by atoms with Gasteiger partial charge in [0.15, 0.2) is 0 Å². The number of hydrogen-bond acceptors (Lipinski definition) is 3. The molecule has 0 saturated carbocycles. The molecule has 0 aromatic heterocycles. The third-order valence-corrected chi connectivity index (χ3v) is 5.07. The summed E-state index contributed by atoms with van der Waals surface area (Å²) in [6, 6.07) is 16.0. The first-order valence-electron chi connectivity index (χ1n) is 7.52. The van der Waals surface area contributed by atoms with Crippen molar-refractivity contribution in [2.75, 3.05) is 0 Å². The summed E-state index contributed by atoms with van der Waals surface area (Å²) in [7, 11) is 0. The third kappa shape index (κ3) is 5.28. The number of thioether (sulfide) groups is 1. The number of carbonyl (C=O) groups excluding carboxylic acids is 2. The van der Waals surface area contributed by atoms with Crippen LogP contribution in [-0.4, -0.2) is 23.1 Å². The first-order valence-corrected chi connectivity index (χ1v) is 8.78. The molecular formula is C18H19ClN2O2S. The number of benzene rings is 2. The Morgan fingerprint density at radius 3 is 2.38 bits per heavy atom. The third-order valence-electron chi connectivity index (χ3n) is 3.45. The minimum atomic E-state index is -0.741. The van der Waals surface area contributed by atoms with Gasteiger partial charge < -0.3 is 11.1 Å². The van der Waals surface area contributed by atoms with Crippen molar-refractivity contribution in [3.63, 3.8) is 0 Å². The summed E-state index contributed by atoms with van der Waals surface area (Å²) in [5, 5.41) is 2.92. The van der Waals surface area contributed by atoms with E-state index in [0.29, 0.717) is 11.4 Å². The van der Waals surface area contributed by atoms with Crippen LogP contribution in [0.15, 0.2) is 59.5 Å². The number of halogens is 1. The number of nitrogens with two attached hydrogens (primary N) is 1. The molecule has 0 fully saturated rings. The maximum atomic E-state index is 12.4. The van der Waals surface area contributed by atoms with Gasteiger partial charge in [0, 0.05) is 11.3 Å². The average molecular weight is 363 g/mol. The van der Waals surface area contributed by atoms with Gasteiger partial charge in [-0.05, 0) is 24.6 Å². The van der Waals surface area contributed by atoms with Crippen molar-refractivity contribution >= 4 is 35.2 Å². The van der Waals surface area contributed by atoms with E-state index in [4.69, 9.17) is 17.3 Å². The minimum Gasteiger partial charge on any atom is -0.368 e. The van der Waals surface area contributed by atoms with Gasteiger partial charge >= 0.3 is 0 Å². The van der Waals surface area contributed by atoms with E-state index in [-0.39, 0.29) is 5.91 Å². The Labute approximate surface area is 150 Å². The highest BCUT2D eigenvalue weighted by molar-refractivity contribution is 8.00. The summed E-state index contributed by atoms with van der Waals surface area (Å²) in [5.74, 6) is -0.804. The molecule has 0 bridgehead atoms. The number of carbonyl (C=O) groups is 2. The predicted molar refractivity (Wildman–Crippen MR) is 98.0 cm³/mol. The summed E-state index contributed by atoms with van der Waals surface area (Å²) in [4.78, 5) is 24.9. The molecule has 2 atom stereocenters. The molecule has 0 aliphatic carbocycles. The molecular weight excluding hydrogens is 344 g/mol.